The molecule has 1 fully saturated rings. The van der Waals surface area contributed by atoms with E-state index >= 15 is 0 Å². The van der Waals surface area contributed by atoms with Crippen LogP contribution in [0.25, 0.3) is 0 Å². The van der Waals surface area contributed by atoms with E-state index in [-0.39, 0.29) is 5.91 Å². The van der Waals surface area contributed by atoms with Crippen LogP contribution in [0.4, 0.5) is 0 Å². The maximum atomic E-state index is 12.3. The van der Waals surface area contributed by atoms with E-state index in [9.17, 15) is 4.79 Å². The summed E-state index contributed by atoms with van der Waals surface area (Å²) in [6.07, 6.45) is 3.61. The Labute approximate surface area is 107 Å². The molecule has 0 heterocycles. The number of fused-ring (bicyclic) bond motifs is 1. The number of hydrogen-bond acceptors (Lipinski definition) is 3. The van der Waals surface area contributed by atoms with E-state index in [1.807, 2.05) is 18.2 Å². The van der Waals surface area contributed by atoms with Gasteiger partial charge in [-0.05, 0) is 42.9 Å². The van der Waals surface area contributed by atoms with Gasteiger partial charge in [-0.3, -0.25) is 4.79 Å². The molecule has 1 aromatic carbocycles. The number of ether oxygens (including phenoxy) is 1. The molecule has 2 aliphatic rings. The highest BCUT2D eigenvalue weighted by Gasteiger charge is 2.44. The van der Waals surface area contributed by atoms with Gasteiger partial charge in [-0.1, -0.05) is 12.1 Å². The van der Waals surface area contributed by atoms with Gasteiger partial charge in [-0.2, -0.15) is 0 Å². The lowest BCUT2D eigenvalue weighted by atomic mass is 9.92. The van der Waals surface area contributed by atoms with Crippen LogP contribution in [0, 0.1) is 0 Å². The standard InChI is InChI=1S/C14H18N2O2/c1-18-12-4-2-3-11-10(12)7-8-14(11,15)13(17)16-9-5-6-9/h2-4,9H,5-8,15H2,1H3,(H,16,17). The lowest BCUT2D eigenvalue weighted by molar-refractivity contribution is -0.126. The van der Waals surface area contributed by atoms with Gasteiger partial charge in [0.25, 0.3) is 0 Å². The van der Waals surface area contributed by atoms with Gasteiger partial charge in [0.05, 0.1) is 7.11 Å². The first-order chi connectivity index (χ1) is 8.65. The first kappa shape index (κ1) is 11.5. The van der Waals surface area contributed by atoms with Crippen molar-refractivity contribution in [2.45, 2.75) is 37.3 Å². The van der Waals surface area contributed by atoms with E-state index in [1.165, 1.54) is 0 Å². The predicted molar refractivity (Wildman–Crippen MR) is 68.3 cm³/mol. The van der Waals surface area contributed by atoms with E-state index < -0.39 is 5.54 Å². The number of methoxy groups -OCH3 is 1. The molecule has 1 atom stereocenters. The third-order valence-corrected chi connectivity index (χ3v) is 3.92. The lowest BCUT2D eigenvalue weighted by Crippen LogP contribution is -2.50. The zero-order chi connectivity index (χ0) is 12.8. The SMILES string of the molecule is COc1cccc2c1CCC2(N)C(=O)NC1CC1. The van der Waals surface area contributed by atoms with E-state index in [0.717, 1.165) is 36.1 Å². The molecule has 3 N–H and O–H groups in total. The maximum Gasteiger partial charge on any atom is 0.244 e. The molecule has 0 bridgehead atoms. The minimum atomic E-state index is -0.882. The smallest absolute Gasteiger partial charge is 0.244 e. The molecule has 4 heteroatoms. The molecule has 96 valence electrons. The third kappa shape index (κ3) is 1.68. The van der Waals surface area contributed by atoms with Crippen LogP contribution in [0.5, 0.6) is 5.75 Å². The fraction of sp³-hybridized carbons (Fsp3) is 0.500. The maximum absolute atomic E-state index is 12.3. The van der Waals surface area contributed by atoms with Crippen LogP contribution in [-0.2, 0) is 16.8 Å². The minimum Gasteiger partial charge on any atom is -0.496 e. The summed E-state index contributed by atoms with van der Waals surface area (Å²) in [6.45, 7) is 0. The van der Waals surface area contributed by atoms with Gasteiger partial charge in [-0.15, -0.1) is 0 Å². The fourth-order valence-corrected chi connectivity index (χ4v) is 2.67. The summed E-state index contributed by atoms with van der Waals surface area (Å²) in [6, 6.07) is 6.10. The molecular weight excluding hydrogens is 228 g/mol. The van der Waals surface area contributed by atoms with Crippen molar-refractivity contribution in [2.75, 3.05) is 7.11 Å². The van der Waals surface area contributed by atoms with Crippen molar-refractivity contribution >= 4 is 5.91 Å². The second-order valence-electron chi connectivity index (χ2n) is 5.21. The van der Waals surface area contributed by atoms with E-state index in [1.54, 1.807) is 7.11 Å². The number of nitrogens with two attached hydrogens (primary N) is 1. The molecule has 0 spiro atoms. The monoisotopic (exact) mass is 246 g/mol. The molecule has 0 aliphatic heterocycles. The Bertz CT molecular complexity index is 497. The summed E-state index contributed by atoms with van der Waals surface area (Å²) in [4.78, 5) is 12.3. The number of amides is 1. The molecule has 0 aromatic heterocycles. The Morgan fingerprint density at radius 2 is 2.28 bits per heavy atom. The van der Waals surface area contributed by atoms with Gasteiger partial charge < -0.3 is 15.8 Å². The Hall–Kier alpha value is -1.55. The summed E-state index contributed by atoms with van der Waals surface area (Å²) in [5.41, 5.74) is 7.46. The lowest BCUT2D eigenvalue weighted by Gasteiger charge is -2.24. The van der Waals surface area contributed by atoms with Gasteiger partial charge in [0.1, 0.15) is 11.3 Å². The highest BCUT2D eigenvalue weighted by Crippen LogP contribution is 2.40. The average molecular weight is 246 g/mol. The number of rotatable bonds is 3. The Morgan fingerprint density at radius 1 is 1.50 bits per heavy atom. The van der Waals surface area contributed by atoms with Gasteiger partial charge in [0, 0.05) is 6.04 Å². The van der Waals surface area contributed by atoms with Crippen molar-refractivity contribution in [1.82, 2.24) is 5.32 Å². The molecule has 0 saturated heterocycles. The zero-order valence-corrected chi connectivity index (χ0v) is 10.5. The Morgan fingerprint density at radius 3 is 2.94 bits per heavy atom. The molecule has 1 amide bonds. The summed E-state index contributed by atoms with van der Waals surface area (Å²) in [5.74, 6) is 0.788. The van der Waals surface area contributed by atoms with Gasteiger partial charge in [0.15, 0.2) is 0 Å². The minimum absolute atomic E-state index is 0.0444. The van der Waals surface area contributed by atoms with Crippen LogP contribution in [0.3, 0.4) is 0 Å². The third-order valence-electron chi connectivity index (χ3n) is 3.92. The summed E-state index contributed by atoms with van der Waals surface area (Å²) < 4.78 is 5.34. The largest absolute Gasteiger partial charge is 0.496 e. The van der Waals surface area contributed by atoms with Crippen molar-refractivity contribution in [1.29, 1.82) is 0 Å². The average Bonchev–Trinajstić information content (AvgIpc) is 3.12. The predicted octanol–water partition coefficient (Wildman–Crippen LogP) is 1.07. The van der Waals surface area contributed by atoms with Crippen LogP contribution >= 0.6 is 0 Å². The quantitative estimate of drug-likeness (QED) is 0.838. The van der Waals surface area contributed by atoms with Gasteiger partial charge in [-0.25, -0.2) is 0 Å². The molecule has 4 nitrogen and oxygen atoms in total. The number of hydrogen-bond donors (Lipinski definition) is 2. The van der Waals surface area contributed by atoms with E-state index in [4.69, 9.17) is 10.5 Å². The first-order valence-electron chi connectivity index (χ1n) is 6.41. The van der Waals surface area contributed by atoms with Crippen molar-refractivity contribution in [3.8, 4) is 5.75 Å². The number of carbonyl (C=O) groups is 1. The second kappa shape index (κ2) is 3.99. The molecule has 0 radical (unpaired) electrons. The van der Waals surface area contributed by atoms with Crippen molar-refractivity contribution < 1.29 is 9.53 Å². The summed E-state index contributed by atoms with van der Waals surface area (Å²) in [5, 5.41) is 3.01. The van der Waals surface area contributed by atoms with Gasteiger partial charge in [0.2, 0.25) is 5.91 Å². The summed E-state index contributed by atoms with van der Waals surface area (Å²) in [7, 11) is 1.65. The highest BCUT2D eigenvalue weighted by molar-refractivity contribution is 5.89. The number of nitrogens with one attached hydrogen (secondary N) is 1. The van der Waals surface area contributed by atoms with Crippen LogP contribution in [0.1, 0.15) is 30.4 Å². The van der Waals surface area contributed by atoms with Crippen LogP contribution in [-0.4, -0.2) is 19.1 Å². The van der Waals surface area contributed by atoms with Crippen LogP contribution in [0.15, 0.2) is 18.2 Å². The molecule has 2 aliphatic carbocycles. The summed E-state index contributed by atoms with van der Waals surface area (Å²) >= 11 is 0. The highest BCUT2D eigenvalue weighted by atomic mass is 16.5. The van der Waals surface area contributed by atoms with Gasteiger partial charge >= 0.3 is 0 Å². The number of benzene rings is 1. The fourth-order valence-electron chi connectivity index (χ4n) is 2.67. The Balaban J connectivity index is 1.94. The molecular formula is C14H18N2O2. The normalized spacial score (nSPS) is 25.7. The topological polar surface area (TPSA) is 64.3 Å². The second-order valence-corrected chi connectivity index (χ2v) is 5.21. The van der Waals surface area contributed by atoms with Crippen molar-refractivity contribution in [3.05, 3.63) is 29.3 Å². The number of carbonyl (C=O) groups excluding carboxylic acids is 1. The van der Waals surface area contributed by atoms with E-state index in [0.29, 0.717) is 12.5 Å². The molecule has 1 unspecified atom stereocenters. The first-order valence-corrected chi connectivity index (χ1v) is 6.41. The van der Waals surface area contributed by atoms with E-state index in [2.05, 4.69) is 5.32 Å². The van der Waals surface area contributed by atoms with Crippen molar-refractivity contribution in [3.63, 3.8) is 0 Å². The Kier molecular flexibility index (Phi) is 2.55. The molecule has 1 saturated carbocycles. The van der Waals surface area contributed by atoms with Crippen LogP contribution in [0.2, 0.25) is 0 Å². The zero-order valence-electron chi connectivity index (χ0n) is 10.5. The molecule has 3 rings (SSSR count). The molecule has 1 aromatic rings. The van der Waals surface area contributed by atoms with Crippen molar-refractivity contribution in [2.24, 2.45) is 5.73 Å². The molecule has 18 heavy (non-hydrogen) atoms. The van der Waals surface area contributed by atoms with Crippen LogP contribution < -0.4 is 15.8 Å².